The van der Waals surface area contributed by atoms with Crippen LogP contribution in [0.5, 0.6) is 0 Å². The van der Waals surface area contributed by atoms with Crippen molar-refractivity contribution in [2.45, 2.75) is 50.2 Å². The highest BCUT2D eigenvalue weighted by Gasteiger charge is 2.39. The molecule has 33 heavy (non-hydrogen) atoms. The number of aryl methyl sites for hydroxylation is 2. The molecule has 176 valence electrons. The van der Waals surface area contributed by atoms with Gasteiger partial charge in [0, 0.05) is 33.4 Å². The number of aromatic nitrogens is 3. The molecule has 9 nitrogen and oxygen atoms in total. The Morgan fingerprint density at radius 3 is 2.76 bits per heavy atom. The summed E-state index contributed by atoms with van der Waals surface area (Å²) in [7, 11) is -2.21. The minimum absolute atomic E-state index is 0.122. The number of carbonyl (C=O) groups is 1. The van der Waals surface area contributed by atoms with Gasteiger partial charge in [-0.2, -0.15) is 4.31 Å². The second-order valence-corrected chi connectivity index (χ2v) is 10.2. The summed E-state index contributed by atoms with van der Waals surface area (Å²) >= 11 is 0. The van der Waals surface area contributed by atoms with Crippen LogP contribution < -0.4 is 5.32 Å². The first-order chi connectivity index (χ1) is 15.9. The number of nitrogens with zero attached hydrogens (tertiary/aromatic N) is 4. The van der Waals surface area contributed by atoms with E-state index in [2.05, 4.69) is 15.6 Å². The molecule has 4 rings (SSSR count). The van der Waals surface area contributed by atoms with Crippen molar-refractivity contribution in [3.8, 4) is 0 Å². The van der Waals surface area contributed by atoms with Gasteiger partial charge >= 0.3 is 0 Å². The average Bonchev–Trinajstić information content (AvgIpc) is 3.46. The Hall–Kier alpha value is -2.82. The zero-order valence-corrected chi connectivity index (χ0v) is 19.7. The standard InChI is InChI=1S/C23H29N5O4S/c1-17-6-8-18(9-7-17)16-24-23(29)22-5-3-13-28(22)33(30,31)19-10-11-21-20(15-19)25-26-27(21)12-4-14-32-2/h6-11,15,22H,3-5,12-14,16H2,1-2H3,(H,24,29). The van der Waals surface area contributed by atoms with Crippen molar-refractivity contribution in [1.29, 1.82) is 0 Å². The highest BCUT2D eigenvalue weighted by molar-refractivity contribution is 7.89. The van der Waals surface area contributed by atoms with Crippen LogP contribution in [0.25, 0.3) is 11.0 Å². The molecule has 0 spiro atoms. The smallest absolute Gasteiger partial charge is 0.243 e. The third-order valence-electron chi connectivity index (χ3n) is 5.90. The molecule has 0 bridgehead atoms. The summed E-state index contributed by atoms with van der Waals surface area (Å²) in [6, 6.07) is 12.0. The first-order valence-corrected chi connectivity index (χ1v) is 12.5. The molecule has 1 unspecified atom stereocenters. The minimum atomic E-state index is -3.85. The molecule has 2 aromatic carbocycles. The molecule has 1 fully saturated rings. The maximum Gasteiger partial charge on any atom is 0.243 e. The quantitative estimate of drug-likeness (QED) is 0.480. The van der Waals surface area contributed by atoms with Crippen molar-refractivity contribution < 1.29 is 17.9 Å². The molecule has 1 saturated heterocycles. The molecule has 1 atom stereocenters. The van der Waals surface area contributed by atoms with E-state index in [-0.39, 0.29) is 10.8 Å². The number of amides is 1. The lowest BCUT2D eigenvalue weighted by Crippen LogP contribution is -2.45. The van der Waals surface area contributed by atoms with E-state index < -0.39 is 16.1 Å². The number of nitrogens with one attached hydrogen (secondary N) is 1. The summed E-state index contributed by atoms with van der Waals surface area (Å²) in [5, 5.41) is 11.1. The fourth-order valence-electron chi connectivity index (χ4n) is 4.07. The summed E-state index contributed by atoms with van der Waals surface area (Å²) in [6.45, 7) is 3.92. The number of hydrogen-bond acceptors (Lipinski definition) is 6. The lowest BCUT2D eigenvalue weighted by molar-refractivity contribution is -0.124. The van der Waals surface area contributed by atoms with Crippen LogP contribution in [-0.4, -0.2) is 59.9 Å². The molecule has 0 saturated carbocycles. The molecular weight excluding hydrogens is 442 g/mol. The molecular formula is C23H29N5O4S. The van der Waals surface area contributed by atoms with Crippen molar-refractivity contribution in [3.63, 3.8) is 0 Å². The lowest BCUT2D eigenvalue weighted by Gasteiger charge is -2.23. The first kappa shape index (κ1) is 23.3. The van der Waals surface area contributed by atoms with Crippen LogP contribution in [0, 0.1) is 6.92 Å². The number of rotatable bonds is 9. The molecule has 10 heteroatoms. The van der Waals surface area contributed by atoms with Crippen molar-refractivity contribution in [2.75, 3.05) is 20.3 Å². The largest absolute Gasteiger partial charge is 0.385 e. The van der Waals surface area contributed by atoms with Crippen LogP contribution in [0.3, 0.4) is 0 Å². The number of sulfonamides is 1. The Kier molecular flexibility index (Phi) is 7.06. The first-order valence-electron chi connectivity index (χ1n) is 11.1. The van der Waals surface area contributed by atoms with E-state index in [0.29, 0.717) is 44.6 Å². The summed E-state index contributed by atoms with van der Waals surface area (Å²) in [4.78, 5) is 13.0. The monoisotopic (exact) mass is 471 g/mol. The Labute approximate surface area is 193 Å². The molecule has 1 aromatic heterocycles. The fraction of sp³-hybridized carbons (Fsp3) is 0.435. The molecule has 1 amide bonds. The molecule has 0 aliphatic carbocycles. The maximum absolute atomic E-state index is 13.4. The maximum atomic E-state index is 13.4. The Morgan fingerprint density at radius 1 is 1.21 bits per heavy atom. The SMILES string of the molecule is COCCCn1nnc2cc(S(=O)(=O)N3CCCC3C(=O)NCc3ccc(C)cc3)ccc21. The molecule has 1 N–H and O–H groups in total. The van der Waals surface area contributed by atoms with Gasteiger partial charge in [-0.05, 0) is 49.9 Å². The van der Waals surface area contributed by atoms with Crippen LogP contribution >= 0.6 is 0 Å². The molecule has 3 aromatic rings. The summed E-state index contributed by atoms with van der Waals surface area (Å²) in [6.07, 6.45) is 1.92. The predicted octanol–water partition coefficient (Wildman–Crippen LogP) is 2.25. The number of hydrogen-bond donors (Lipinski definition) is 1. The predicted molar refractivity (Wildman–Crippen MR) is 124 cm³/mol. The third-order valence-corrected chi connectivity index (χ3v) is 7.81. The highest BCUT2D eigenvalue weighted by Crippen LogP contribution is 2.28. The van der Waals surface area contributed by atoms with Crippen LogP contribution in [0.4, 0.5) is 0 Å². The summed E-state index contributed by atoms with van der Waals surface area (Å²) in [5.74, 6) is -0.276. The van der Waals surface area contributed by atoms with E-state index in [1.54, 1.807) is 23.9 Å². The summed E-state index contributed by atoms with van der Waals surface area (Å²) < 4.78 is 34.9. The number of ether oxygens (including phenoxy) is 1. The van der Waals surface area contributed by atoms with Crippen LogP contribution in [0.1, 0.15) is 30.4 Å². The van der Waals surface area contributed by atoms with E-state index in [9.17, 15) is 13.2 Å². The van der Waals surface area contributed by atoms with Crippen LogP contribution in [0.2, 0.25) is 0 Å². The second kappa shape index (κ2) is 9.98. The van der Waals surface area contributed by atoms with Gasteiger partial charge in [0.1, 0.15) is 11.6 Å². The molecule has 1 aliphatic heterocycles. The van der Waals surface area contributed by atoms with Gasteiger partial charge in [0.15, 0.2) is 0 Å². The highest BCUT2D eigenvalue weighted by atomic mass is 32.2. The molecule has 0 radical (unpaired) electrons. The van der Waals surface area contributed by atoms with E-state index in [4.69, 9.17) is 4.74 Å². The van der Waals surface area contributed by atoms with Gasteiger partial charge in [0.2, 0.25) is 15.9 Å². The van der Waals surface area contributed by atoms with Crippen molar-refractivity contribution in [2.24, 2.45) is 0 Å². The van der Waals surface area contributed by atoms with Crippen molar-refractivity contribution in [3.05, 3.63) is 53.6 Å². The zero-order valence-electron chi connectivity index (χ0n) is 18.9. The van der Waals surface area contributed by atoms with Gasteiger partial charge < -0.3 is 10.1 Å². The minimum Gasteiger partial charge on any atom is -0.385 e. The number of methoxy groups -OCH3 is 1. The lowest BCUT2D eigenvalue weighted by atomic mass is 10.1. The van der Waals surface area contributed by atoms with Crippen molar-refractivity contribution >= 4 is 27.0 Å². The molecule has 1 aliphatic rings. The van der Waals surface area contributed by atoms with Gasteiger partial charge in [0.05, 0.1) is 10.4 Å². The zero-order chi connectivity index (χ0) is 23.4. The number of benzene rings is 2. The fourth-order valence-corrected chi connectivity index (χ4v) is 5.75. The van der Waals surface area contributed by atoms with E-state index >= 15 is 0 Å². The third kappa shape index (κ3) is 5.07. The van der Waals surface area contributed by atoms with Gasteiger partial charge in [-0.3, -0.25) is 4.79 Å². The van der Waals surface area contributed by atoms with E-state index in [1.165, 1.54) is 10.4 Å². The van der Waals surface area contributed by atoms with Gasteiger partial charge in [-0.1, -0.05) is 35.0 Å². The number of carbonyl (C=O) groups excluding carboxylic acids is 1. The Balaban J connectivity index is 1.48. The summed E-state index contributed by atoms with van der Waals surface area (Å²) in [5.41, 5.74) is 3.39. The van der Waals surface area contributed by atoms with Gasteiger partial charge in [-0.25, -0.2) is 13.1 Å². The van der Waals surface area contributed by atoms with Gasteiger partial charge in [-0.15, -0.1) is 5.10 Å². The van der Waals surface area contributed by atoms with Crippen molar-refractivity contribution in [1.82, 2.24) is 24.6 Å². The topological polar surface area (TPSA) is 106 Å². The van der Waals surface area contributed by atoms with E-state index in [0.717, 1.165) is 23.1 Å². The van der Waals surface area contributed by atoms with Crippen LogP contribution in [-0.2, 0) is 32.6 Å². The molecule has 2 heterocycles. The Bertz CT molecular complexity index is 1220. The second-order valence-electron chi connectivity index (χ2n) is 8.29. The Morgan fingerprint density at radius 2 is 2.00 bits per heavy atom. The number of fused-ring (bicyclic) bond motifs is 1. The van der Waals surface area contributed by atoms with E-state index in [1.807, 2.05) is 31.2 Å². The average molecular weight is 472 g/mol. The van der Waals surface area contributed by atoms with Gasteiger partial charge in [0.25, 0.3) is 0 Å². The normalized spacial score (nSPS) is 17.0. The van der Waals surface area contributed by atoms with Crippen LogP contribution in [0.15, 0.2) is 47.4 Å².